The molecule has 1 aliphatic rings. The van der Waals surface area contributed by atoms with Gasteiger partial charge in [-0.15, -0.1) is 0 Å². The Labute approximate surface area is 126 Å². The van der Waals surface area contributed by atoms with E-state index in [1.54, 1.807) is 0 Å². The number of ether oxygens (including phenoxy) is 1. The zero-order valence-electron chi connectivity index (χ0n) is 12.8. The smallest absolute Gasteiger partial charge is 0.124 e. The van der Waals surface area contributed by atoms with Crippen molar-refractivity contribution in [2.45, 2.75) is 39.3 Å². The van der Waals surface area contributed by atoms with E-state index in [0.29, 0.717) is 6.04 Å². The standard InChI is InChI=1S/C17H23N3O/c1-13-10-14(2)17-15(4-9-21-16(17)11-13)19-5-3-7-20-8-6-18-12-20/h6,8,10-12,15,19H,3-5,7,9H2,1-2H3. The lowest BCUT2D eigenvalue weighted by Crippen LogP contribution is -2.29. The Hall–Kier alpha value is -1.81. The van der Waals surface area contributed by atoms with Gasteiger partial charge < -0.3 is 14.6 Å². The molecule has 1 aliphatic heterocycles. The fraction of sp³-hybridized carbons (Fsp3) is 0.471. The van der Waals surface area contributed by atoms with E-state index in [-0.39, 0.29) is 0 Å². The normalized spacial score (nSPS) is 17.3. The van der Waals surface area contributed by atoms with Gasteiger partial charge in [-0.1, -0.05) is 6.07 Å². The van der Waals surface area contributed by atoms with E-state index in [4.69, 9.17) is 4.74 Å². The molecule has 0 radical (unpaired) electrons. The molecule has 0 bridgehead atoms. The monoisotopic (exact) mass is 285 g/mol. The molecule has 1 atom stereocenters. The molecule has 2 heterocycles. The fourth-order valence-electron chi connectivity index (χ4n) is 3.10. The minimum absolute atomic E-state index is 0.414. The van der Waals surface area contributed by atoms with Crippen molar-refractivity contribution in [3.63, 3.8) is 0 Å². The summed E-state index contributed by atoms with van der Waals surface area (Å²) >= 11 is 0. The number of nitrogens with zero attached hydrogens (tertiary/aromatic N) is 2. The molecule has 0 spiro atoms. The van der Waals surface area contributed by atoms with Crippen molar-refractivity contribution < 1.29 is 4.74 Å². The average Bonchev–Trinajstić information content (AvgIpc) is 2.96. The second-order valence-electron chi connectivity index (χ2n) is 5.79. The molecule has 4 nitrogen and oxygen atoms in total. The first kappa shape index (κ1) is 14.1. The number of hydrogen-bond acceptors (Lipinski definition) is 3. The highest BCUT2D eigenvalue weighted by Crippen LogP contribution is 2.35. The summed E-state index contributed by atoms with van der Waals surface area (Å²) in [7, 11) is 0. The predicted octanol–water partition coefficient (Wildman–Crippen LogP) is 3.00. The summed E-state index contributed by atoms with van der Waals surface area (Å²) in [6.45, 7) is 7.13. The summed E-state index contributed by atoms with van der Waals surface area (Å²) < 4.78 is 7.95. The van der Waals surface area contributed by atoms with Crippen molar-refractivity contribution >= 4 is 0 Å². The van der Waals surface area contributed by atoms with Crippen LogP contribution in [0.3, 0.4) is 0 Å². The molecular formula is C17H23N3O. The van der Waals surface area contributed by atoms with Gasteiger partial charge in [0.25, 0.3) is 0 Å². The number of fused-ring (bicyclic) bond motifs is 1. The van der Waals surface area contributed by atoms with E-state index in [1.807, 2.05) is 18.7 Å². The van der Waals surface area contributed by atoms with Gasteiger partial charge in [-0.25, -0.2) is 4.98 Å². The summed E-state index contributed by atoms with van der Waals surface area (Å²) in [6.07, 6.45) is 7.86. The molecule has 4 heteroatoms. The van der Waals surface area contributed by atoms with Crippen LogP contribution >= 0.6 is 0 Å². The number of aromatic nitrogens is 2. The van der Waals surface area contributed by atoms with Crippen molar-refractivity contribution in [3.8, 4) is 5.75 Å². The second-order valence-corrected chi connectivity index (χ2v) is 5.79. The summed E-state index contributed by atoms with van der Waals surface area (Å²) in [5.41, 5.74) is 3.94. The Kier molecular flexibility index (Phi) is 4.25. The molecule has 0 fully saturated rings. The zero-order chi connectivity index (χ0) is 14.7. The number of aryl methyl sites for hydroxylation is 3. The lowest BCUT2D eigenvalue weighted by molar-refractivity contribution is 0.251. The minimum atomic E-state index is 0.414. The molecule has 1 aromatic carbocycles. The average molecular weight is 285 g/mol. The third kappa shape index (κ3) is 3.27. The van der Waals surface area contributed by atoms with Crippen LogP contribution in [0.25, 0.3) is 0 Å². The van der Waals surface area contributed by atoms with Crippen LogP contribution in [0.2, 0.25) is 0 Å². The van der Waals surface area contributed by atoms with E-state index in [0.717, 1.165) is 38.3 Å². The Bertz CT molecular complexity index is 592. The molecule has 0 amide bonds. The van der Waals surface area contributed by atoms with Gasteiger partial charge in [0, 0.05) is 37.0 Å². The molecule has 1 aromatic heterocycles. The van der Waals surface area contributed by atoms with Gasteiger partial charge in [-0.3, -0.25) is 0 Å². The van der Waals surface area contributed by atoms with Crippen LogP contribution in [-0.4, -0.2) is 22.7 Å². The second kappa shape index (κ2) is 6.31. The first-order valence-electron chi connectivity index (χ1n) is 7.67. The summed E-state index contributed by atoms with van der Waals surface area (Å²) in [6, 6.07) is 4.81. The van der Waals surface area contributed by atoms with Crippen LogP contribution < -0.4 is 10.1 Å². The van der Waals surface area contributed by atoms with E-state index in [9.17, 15) is 0 Å². The van der Waals surface area contributed by atoms with Crippen molar-refractivity contribution in [1.82, 2.24) is 14.9 Å². The van der Waals surface area contributed by atoms with E-state index < -0.39 is 0 Å². The highest BCUT2D eigenvalue weighted by atomic mass is 16.5. The zero-order valence-corrected chi connectivity index (χ0v) is 12.8. The molecule has 1 N–H and O–H groups in total. The Morgan fingerprint density at radius 1 is 1.38 bits per heavy atom. The largest absolute Gasteiger partial charge is 0.493 e. The van der Waals surface area contributed by atoms with Crippen LogP contribution in [0.1, 0.15) is 35.6 Å². The summed E-state index contributed by atoms with van der Waals surface area (Å²) in [5, 5.41) is 3.69. The molecule has 0 saturated heterocycles. The molecule has 1 unspecified atom stereocenters. The van der Waals surface area contributed by atoms with Gasteiger partial charge in [0.2, 0.25) is 0 Å². The van der Waals surface area contributed by atoms with E-state index in [2.05, 4.69) is 40.8 Å². The van der Waals surface area contributed by atoms with Gasteiger partial charge in [-0.2, -0.15) is 0 Å². The van der Waals surface area contributed by atoms with Gasteiger partial charge in [0.1, 0.15) is 5.75 Å². The molecular weight excluding hydrogens is 262 g/mol. The minimum Gasteiger partial charge on any atom is -0.493 e. The number of imidazole rings is 1. The maximum Gasteiger partial charge on any atom is 0.124 e. The fourth-order valence-corrected chi connectivity index (χ4v) is 3.10. The summed E-state index contributed by atoms with van der Waals surface area (Å²) in [5.74, 6) is 1.06. The molecule has 21 heavy (non-hydrogen) atoms. The van der Waals surface area contributed by atoms with Crippen LogP contribution in [0.5, 0.6) is 5.75 Å². The van der Waals surface area contributed by atoms with Crippen molar-refractivity contribution in [1.29, 1.82) is 0 Å². The molecule has 0 saturated carbocycles. The van der Waals surface area contributed by atoms with Gasteiger partial charge in [-0.05, 0) is 44.0 Å². The predicted molar refractivity (Wildman–Crippen MR) is 83.6 cm³/mol. The topological polar surface area (TPSA) is 39.1 Å². The van der Waals surface area contributed by atoms with Gasteiger partial charge in [0.15, 0.2) is 0 Å². The first-order valence-corrected chi connectivity index (χ1v) is 7.67. The Morgan fingerprint density at radius 2 is 2.29 bits per heavy atom. The first-order chi connectivity index (χ1) is 10.2. The maximum absolute atomic E-state index is 5.83. The molecule has 2 aromatic rings. The molecule has 0 aliphatic carbocycles. The SMILES string of the molecule is Cc1cc(C)c2c(c1)OCCC2NCCCn1ccnc1. The Balaban J connectivity index is 1.60. The van der Waals surface area contributed by atoms with Crippen molar-refractivity contribution in [3.05, 3.63) is 47.5 Å². The van der Waals surface area contributed by atoms with Gasteiger partial charge in [0.05, 0.1) is 12.9 Å². The lowest BCUT2D eigenvalue weighted by Gasteiger charge is -2.29. The van der Waals surface area contributed by atoms with E-state index >= 15 is 0 Å². The highest BCUT2D eigenvalue weighted by Gasteiger charge is 2.23. The highest BCUT2D eigenvalue weighted by molar-refractivity contribution is 5.46. The molecule has 3 rings (SSSR count). The van der Waals surface area contributed by atoms with Crippen LogP contribution in [0.15, 0.2) is 30.9 Å². The quantitative estimate of drug-likeness (QED) is 0.858. The lowest BCUT2D eigenvalue weighted by atomic mass is 9.94. The van der Waals surface area contributed by atoms with Crippen LogP contribution in [0, 0.1) is 13.8 Å². The number of nitrogens with one attached hydrogen (secondary N) is 1. The van der Waals surface area contributed by atoms with Crippen molar-refractivity contribution in [2.75, 3.05) is 13.2 Å². The summed E-state index contributed by atoms with van der Waals surface area (Å²) in [4.78, 5) is 4.07. The Morgan fingerprint density at radius 3 is 3.10 bits per heavy atom. The van der Waals surface area contributed by atoms with Crippen molar-refractivity contribution in [2.24, 2.45) is 0 Å². The van der Waals surface area contributed by atoms with Crippen LogP contribution in [0.4, 0.5) is 0 Å². The van der Waals surface area contributed by atoms with E-state index in [1.165, 1.54) is 16.7 Å². The third-order valence-electron chi connectivity index (χ3n) is 4.05. The number of rotatable bonds is 5. The van der Waals surface area contributed by atoms with Gasteiger partial charge >= 0.3 is 0 Å². The molecule has 112 valence electrons. The maximum atomic E-state index is 5.83. The number of hydrogen-bond donors (Lipinski definition) is 1. The number of benzene rings is 1. The third-order valence-corrected chi connectivity index (χ3v) is 4.05. The van der Waals surface area contributed by atoms with Crippen LogP contribution in [-0.2, 0) is 6.54 Å².